The first-order valence-electron chi connectivity index (χ1n) is 3.74. The lowest BCUT2D eigenvalue weighted by Gasteiger charge is -2.07. The minimum absolute atomic E-state index is 0.814. The second-order valence-corrected chi connectivity index (χ2v) is 4.02. The highest BCUT2D eigenvalue weighted by Crippen LogP contribution is 2.24. The second-order valence-electron chi connectivity index (χ2n) is 2.70. The van der Waals surface area contributed by atoms with E-state index in [4.69, 9.17) is 11.6 Å². The van der Waals surface area contributed by atoms with Crippen molar-refractivity contribution in [2.45, 2.75) is 13.5 Å². The van der Waals surface area contributed by atoms with E-state index in [-0.39, 0.29) is 0 Å². The number of halogens is 2. The Morgan fingerprint density at radius 1 is 1.50 bits per heavy atom. The van der Waals surface area contributed by atoms with Gasteiger partial charge in [-0.1, -0.05) is 27.5 Å². The number of hydrogen-bond donors (Lipinski definition) is 1. The molecule has 0 aromatic heterocycles. The fourth-order valence-electron chi connectivity index (χ4n) is 1.07. The van der Waals surface area contributed by atoms with Crippen molar-refractivity contribution < 1.29 is 0 Å². The molecule has 0 aliphatic heterocycles. The molecule has 0 bridgehead atoms. The number of benzene rings is 1. The minimum atomic E-state index is 0.814. The van der Waals surface area contributed by atoms with Gasteiger partial charge in [0, 0.05) is 16.0 Å². The maximum absolute atomic E-state index is 6.00. The Hall–Kier alpha value is -0.0500. The van der Waals surface area contributed by atoms with Gasteiger partial charge in [0.25, 0.3) is 0 Å². The fourth-order valence-corrected chi connectivity index (χ4v) is 1.95. The molecule has 0 amide bonds. The zero-order valence-corrected chi connectivity index (χ0v) is 9.46. The summed E-state index contributed by atoms with van der Waals surface area (Å²) in [6.07, 6.45) is 0. The lowest BCUT2D eigenvalue weighted by molar-refractivity contribution is 0.811. The molecule has 1 rings (SSSR count). The predicted octanol–water partition coefficient (Wildman–Crippen LogP) is 3.13. The van der Waals surface area contributed by atoms with Crippen molar-refractivity contribution in [1.82, 2.24) is 5.32 Å². The van der Waals surface area contributed by atoms with Gasteiger partial charge in [0.15, 0.2) is 0 Å². The number of hydrogen-bond acceptors (Lipinski definition) is 1. The maximum atomic E-state index is 6.00. The van der Waals surface area contributed by atoms with Crippen LogP contribution in [0.2, 0.25) is 5.02 Å². The summed E-state index contributed by atoms with van der Waals surface area (Å²) in [5.41, 5.74) is 2.38. The van der Waals surface area contributed by atoms with Gasteiger partial charge < -0.3 is 5.32 Å². The Morgan fingerprint density at radius 2 is 2.17 bits per heavy atom. The minimum Gasteiger partial charge on any atom is -0.316 e. The van der Waals surface area contributed by atoms with Crippen molar-refractivity contribution >= 4 is 27.5 Å². The first-order chi connectivity index (χ1) is 5.65. The summed E-state index contributed by atoms with van der Waals surface area (Å²) in [5.74, 6) is 0. The Bertz CT molecular complexity index is 286. The van der Waals surface area contributed by atoms with Crippen molar-refractivity contribution in [2.24, 2.45) is 0 Å². The summed E-state index contributed by atoms with van der Waals surface area (Å²) in [4.78, 5) is 0. The van der Waals surface area contributed by atoms with E-state index in [9.17, 15) is 0 Å². The van der Waals surface area contributed by atoms with Crippen molar-refractivity contribution in [1.29, 1.82) is 0 Å². The van der Waals surface area contributed by atoms with Crippen molar-refractivity contribution in [3.05, 3.63) is 32.8 Å². The molecule has 0 fully saturated rings. The van der Waals surface area contributed by atoms with Crippen molar-refractivity contribution in [3.8, 4) is 0 Å². The van der Waals surface area contributed by atoms with E-state index in [1.165, 1.54) is 5.56 Å². The number of rotatable bonds is 2. The molecule has 0 unspecified atom stereocenters. The molecule has 0 heterocycles. The van der Waals surface area contributed by atoms with Crippen LogP contribution in [0.4, 0.5) is 0 Å². The molecule has 0 saturated carbocycles. The van der Waals surface area contributed by atoms with Crippen LogP contribution in [0, 0.1) is 6.92 Å². The summed E-state index contributed by atoms with van der Waals surface area (Å²) < 4.78 is 1.03. The average molecular weight is 249 g/mol. The second kappa shape index (κ2) is 4.26. The molecule has 66 valence electrons. The molecule has 0 atom stereocenters. The molecule has 0 aliphatic rings. The third-order valence-corrected chi connectivity index (χ3v) is 2.63. The van der Waals surface area contributed by atoms with E-state index in [1.54, 1.807) is 0 Å². The van der Waals surface area contributed by atoms with Crippen LogP contribution in [-0.2, 0) is 6.54 Å². The van der Waals surface area contributed by atoms with Crippen molar-refractivity contribution in [2.75, 3.05) is 7.05 Å². The van der Waals surface area contributed by atoms with Crippen LogP contribution in [0.5, 0.6) is 0 Å². The van der Waals surface area contributed by atoms with E-state index < -0.39 is 0 Å². The van der Waals surface area contributed by atoms with E-state index in [1.807, 2.05) is 20.0 Å². The highest BCUT2D eigenvalue weighted by Gasteiger charge is 2.02. The molecule has 0 saturated heterocycles. The summed E-state index contributed by atoms with van der Waals surface area (Å²) in [5, 5.41) is 3.91. The quantitative estimate of drug-likeness (QED) is 0.848. The van der Waals surface area contributed by atoms with Crippen LogP contribution in [0.1, 0.15) is 11.1 Å². The molecular formula is C9H11BrClN. The molecule has 1 nitrogen and oxygen atoms in total. The normalized spacial score (nSPS) is 10.3. The van der Waals surface area contributed by atoms with Crippen LogP contribution in [0.15, 0.2) is 16.6 Å². The fraction of sp³-hybridized carbons (Fsp3) is 0.333. The third-order valence-electron chi connectivity index (χ3n) is 1.78. The topological polar surface area (TPSA) is 12.0 Å². The van der Waals surface area contributed by atoms with Crippen molar-refractivity contribution in [3.63, 3.8) is 0 Å². The largest absolute Gasteiger partial charge is 0.316 e. The Labute approximate surface area is 86.2 Å². The molecule has 0 aliphatic carbocycles. The molecule has 12 heavy (non-hydrogen) atoms. The third kappa shape index (κ3) is 2.22. The summed E-state index contributed by atoms with van der Waals surface area (Å²) in [6.45, 7) is 2.88. The van der Waals surface area contributed by atoms with Crippen LogP contribution in [-0.4, -0.2) is 7.05 Å². The van der Waals surface area contributed by atoms with Gasteiger partial charge in [-0.2, -0.15) is 0 Å². The molecule has 3 heteroatoms. The number of nitrogens with one attached hydrogen (secondary N) is 1. The Morgan fingerprint density at radius 3 is 2.75 bits per heavy atom. The molecule has 1 aromatic rings. The van der Waals surface area contributed by atoms with Gasteiger partial charge in [0.1, 0.15) is 0 Å². The molecule has 0 spiro atoms. The smallest absolute Gasteiger partial charge is 0.0449 e. The molecule has 1 aromatic carbocycles. The van der Waals surface area contributed by atoms with Gasteiger partial charge in [-0.3, -0.25) is 0 Å². The SMILES string of the molecule is CNCc1cc(Br)cc(Cl)c1C. The van der Waals surface area contributed by atoms with Gasteiger partial charge >= 0.3 is 0 Å². The van der Waals surface area contributed by atoms with Gasteiger partial charge in [0.05, 0.1) is 0 Å². The van der Waals surface area contributed by atoms with Gasteiger partial charge in [-0.05, 0) is 37.2 Å². The summed E-state index contributed by atoms with van der Waals surface area (Å²) in [6, 6.07) is 3.99. The molecule has 1 N–H and O–H groups in total. The van der Waals surface area contributed by atoms with Crippen LogP contribution < -0.4 is 5.32 Å². The standard InChI is InChI=1S/C9H11BrClN/c1-6-7(5-12-2)3-8(10)4-9(6)11/h3-4,12H,5H2,1-2H3. The monoisotopic (exact) mass is 247 g/mol. The average Bonchev–Trinajstić information content (AvgIpc) is 2.00. The maximum Gasteiger partial charge on any atom is 0.0449 e. The van der Waals surface area contributed by atoms with E-state index in [0.717, 1.165) is 21.6 Å². The zero-order chi connectivity index (χ0) is 9.14. The lowest BCUT2D eigenvalue weighted by atomic mass is 10.1. The van der Waals surface area contributed by atoms with Crippen LogP contribution in [0.25, 0.3) is 0 Å². The summed E-state index contributed by atoms with van der Waals surface area (Å²) in [7, 11) is 1.92. The first kappa shape index (κ1) is 10.0. The first-order valence-corrected chi connectivity index (χ1v) is 4.91. The van der Waals surface area contributed by atoms with Crippen LogP contribution in [0.3, 0.4) is 0 Å². The highest BCUT2D eigenvalue weighted by molar-refractivity contribution is 9.10. The summed E-state index contributed by atoms with van der Waals surface area (Å²) >= 11 is 9.40. The van der Waals surface area contributed by atoms with Crippen LogP contribution >= 0.6 is 27.5 Å². The highest BCUT2D eigenvalue weighted by atomic mass is 79.9. The lowest BCUT2D eigenvalue weighted by Crippen LogP contribution is -2.06. The van der Waals surface area contributed by atoms with Gasteiger partial charge in [-0.25, -0.2) is 0 Å². The molecular weight excluding hydrogens is 237 g/mol. The van der Waals surface area contributed by atoms with Gasteiger partial charge in [0.2, 0.25) is 0 Å². The predicted molar refractivity (Wildman–Crippen MR) is 56.7 cm³/mol. The Balaban J connectivity index is 3.09. The van der Waals surface area contributed by atoms with E-state index in [2.05, 4.69) is 27.3 Å². The van der Waals surface area contributed by atoms with Gasteiger partial charge in [-0.15, -0.1) is 0 Å². The van der Waals surface area contributed by atoms with E-state index >= 15 is 0 Å². The Kier molecular flexibility index (Phi) is 3.56. The van der Waals surface area contributed by atoms with E-state index in [0.29, 0.717) is 0 Å². The zero-order valence-electron chi connectivity index (χ0n) is 7.12. The molecule has 0 radical (unpaired) electrons.